The fourth-order valence-corrected chi connectivity index (χ4v) is 4.65. The molecule has 28 heavy (non-hydrogen) atoms. The number of nitrogens with zero attached hydrogens (tertiary/aromatic N) is 1. The molecule has 2 aromatic carbocycles. The fourth-order valence-electron chi connectivity index (χ4n) is 4.65. The molecule has 2 aromatic rings. The van der Waals surface area contributed by atoms with Gasteiger partial charge in [-0.3, -0.25) is 9.59 Å². The van der Waals surface area contributed by atoms with Crippen LogP contribution in [0, 0.1) is 11.7 Å². The third kappa shape index (κ3) is 3.19. The maximum atomic E-state index is 13.9. The molecule has 144 valence electrons. The number of carbonyl (C=O) groups is 2. The summed E-state index contributed by atoms with van der Waals surface area (Å²) in [5, 5.41) is 3.03. The largest absolute Gasteiger partial charge is 0.351 e. The van der Waals surface area contributed by atoms with E-state index in [1.54, 1.807) is 18.2 Å². The van der Waals surface area contributed by atoms with Gasteiger partial charge in [0.25, 0.3) is 0 Å². The van der Waals surface area contributed by atoms with E-state index in [1.807, 2.05) is 23.1 Å². The van der Waals surface area contributed by atoms with Crippen LogP contribution < -0.4 is 5.32 Å². The Kier molecular flexibility index (Phi) is 4.18. The second-order valence-corrected chi connectivity index (χ2v) is 8.25. The summed E-state index contributed by atoms with van der Waals surface area (Å²) in [6, 6.07) is 17.1. The van der Waals surface area contributed by atoms with Gasteiger partial charge in [-0.2, -0.15) is 0 Å². The molecule has 2 aliphatic carbocycles. The molecular formula is C23H23FN2O2. The third-order valence-corrected chi connectivity index (χ3v) is 6.32. The molecule has 0 unspecified atom stereocenters. The van der Waals surface area contributed by atoms with Crippen molar-refractivity contribution in [2.24, 2.45) is 5.92 Å². The Hall–Kier alpha value is -2.69. The standard InChI is InChI=1S/C23H23FN2O2/c24-20-9-5-4-8-16(20)18-11-19(18)23(28)25-15-10-22(27)26(13-15)21-12-17(21)14-6-2-1-3-7-14/h1-9,15,17-19,21H,10-13H2,(H,25,28)/t15-,17-,18+,19+,21-/m1/s1. The molecule has 0 aromatic heterocycles. The minimum atomic E-state index is -0.245. The van der Waals surface area contributed by atoms with Crippen LogP contribution in [0.4, 0.5) is 4.39 Å². The number of rotatable bonds is 5. The lowest BCUT2D eigenvalue weighted by Crippen LogP contribution is -2.38. The number of amides is 2. The van der Waals surface area contributed by atoms with Crippen LogP contribution in [0.15, 0.2) is 54.6 Å². The van der Waals surface area contributed by atoms with Crippen molar-refractivity contribution < 1.29 is 14.0 Å². The second kappa shape index (κ2) is 6.73. The van der Waals surface area contributed by atoms with Gasteiger partial charge in [-0.05, 0) is 36.0 Å². The van der Waals surface area contributed by atoms with E-state index >= 15 is 0 Å². The quantitative estimate of drug-likeness (QED) is 0.869. The van der Waals surface area contributed by atoms with Gasteiger partial charge in [0.15, 0.2) is 0 Å². The Morgan fingerprint density at radius 3 is 2.54 bits per heavy atom. The number of benzene rings is 2. The predicted octanol–water partition coefficient (Wildman–Crippen LogP) is 3.20. The van der Waals surface area contributed by atoms with Crippen LogP contribution in [0.25, 0.3) is 0 Å². The van der Waals surface area contributed by atoms with Crippen LogP contribution in [0.5, 0.6) is 0 Å². The number of carbonyl (C=O) groups excluding carboxylic acids is 2. The fraction of sp³-hybridized carbons (Fsp3) is 0.391. The first-order chi connectivity index (χ1) is 13.6. The van der Waals surface area contributed by atoms with Crippen LogP contribution in [0.1, 0.15) is 42.2 Å². The van der Waals surface area contributed by atoms with Crippen LogP contribution >= 0.6 is 0 Å². The third-order valence-electron chi connectivity index (χ3n) is 6.32. The molecule has 1 heterocycles. The number of halogens is 1. The lowest BCUT2D eigenvalue weighted by molar-refractivity contribution is -0.128. The van der Waals surface area contributed by atoms with E-state index in [1.165, 1.54) is 11.6 Å². The minimum absolute atomic E-state index is 0.0414. The second-order valence-electron chi connectivity index (χ2n) is 8.25. The van der Waals surface area contributed by atoms with Crippen molar-refractivity contribution in [3.63, 3.8) is 0 Å². The molecular weight excluding hydrogens is 355 g/mol. The van der Waals surface area contributed by atoms with Crippen LogP contribution in [-0.2, 0) is 9.59 Å². The van der Waals surface area contributed by atoms with Crippen LogP contribution in [0.3, 0.4) is 0 Å². The van der Waals surface area contributed by atoms with E-state index in [4.69, 9.17) is 0 Å². The van der Waals surface area contributed by atoms with Crippen molar-refractivity contribution in [3.05, 3.63) is 71.5 Å². The molecule has 2 amide bonds. The Bertz CT molecular complexity index is 916. The van der Waals surface area contributed by atoms with E-state index in [-0.39, 0.29) is 41.6 Å². The lowest BCUT2D eigenvalue weighted by atomic mass is 10.1. The Labute approximate surface area is 163 Å². The van der Waals surface area contributed by atoms with Crippen molar-refractivity contribution in [2.45, 2.75) is 43.2 Å². The van der Waals surface area contributed by atoms with Gasteiger partial charge < -0.3 is 10.2 Å². The summed E-state index contributed by atoms with van der Waals surface area (Å²) in [6.07, 6.45) is 2.03. The van der Waals surface area contributed by atoms with Crippen molar-refractivity contribution in [3.8, 4) is 0 Å². The molecule has 2 saturated carbocycles. The Morgan fingerprint density at radius 2 is 1.75 bits per heavy atom. The highest BCUT2D eigenvalue weighted by atomic mass is 19.1. The minimum Gasteiger partial charge on any atom is -0.351 e. The monoisotopic (exact) mass is 378 g/mol. The summed E-state index contributed by atoms with van der Waals surface area (Å²) < 4.78 is 13.9. The van der Waals surface area contributed by atoms with Crippen LogP contribution in [0.2, 0.25) is 0 Å². The summed E-state index contributed by atoms with van der Waals surface area (Å²) in [6.45, 7) is 0.579. The summed E-state index contributed by atoms with van der Waals surface area (Å²) in [7, 11) is 0. The van der Waals surface area contributed by atoms with Crippen molar-refractivity contribution in [1.82, 2.24) is 10.2 Å². The average molecular weight is 378 g/mol. The number of nitrogens with one attached hydrogen (secondary N) is 1. The first-order valence-corrected chi connectivity index (χ1v) is 10.0. The summed E-state index contributed by atoms with van der Waals surface area (Å²) >= 11 is 0. The Balaban J connectivity index is 1.17. The highest BCUT2D eigenvalue weighted by Crippen LogP contribution is 2.49. The molecule has 4 nitrogen and oxygen atoms in total. The zero-order valence-corrected chi connectivity index (χ0v) is 15.6. The van der Waals surface area contributed by atoms with E-state index in [0.717, 1.165) is 6.42 Å². The normalized spacial score (nSPS) is 31.0. The maximum Gasteiger partial charge on any atom is 0.225 e. The van der Waals surface area contributed by atoms with Gasteiger partial charge in [0.1, 0.15) is 5.82 Å². The van der Waals surface area contributed by atoms with E-state index in [9.17, 15) is 14.0 Å². The summed E-state index contributed by atoms with van der Waals surface area (Å²) in [5.74, 6) is 0.0111. The zero-order chi connectivity index (χ0) is 19.3. The van der Waals surface area contributed by atoms with Crippen molar-refractivity contribution in [1.29, 1.82) is 0 Å². The van der Waals surface area contributed by atoms with Gasteiger partial charge in [0.2, 0.25) is 11.8 Å². The van der Waals surface area contributed by atoms with Crippen molar-refractivity contribution in [2.75, 3.05) is 6.54 Å². The molecule has 0 radical (unpaired) electrons. The average Bonchev–Trinajstić information content (AvgIpc) is 3.61. The number of likely N-dealkylation sites (tertiary alicyclic amines) is 1. The molecule has 0 spiro atoms. The molecule has 5 rings (SSSR count). The van der Waals surface area contributed by atoms with Crippen LogP contribution in [-0.4, -0.2) is 35.3 Å². The van der Waals surface area contributed by atoms with Gasteiger partial charge in [-0.15, -0.1) is 0 Å². The summed E-state index contributed by atoms with van der Waals surface area (Å²) in [4.78, 5) is 27.0. The molecule has 1 N–H and O–H groups in total. The highest BCUT2D eigenvalue weighted by Gasteiger charge is 2.49. The van der Waals surface area contributed by atoms with Gasteiger partial charge in [0.05, 0.1) is 6.04 Å². The molecule has 0 bridgehead atoms. The number of hydrogen-bond acceptors (Lipinski definition) is 2. The van der Waals surface area contributed by atoms with E-state index in [0.29, 0.717) is 30.9 Å². The van der Waals surface area contributed by atoms with E-state index < -0.39 is 0 Å². The topological polar surface area (TPSA) is 49.4 Å². The first-order valence-electron chi connectivity index (χ1n) is 10.0. The molecule has 5 atom stereocenters. The van der Waals surface area contributed by atoms with Gasteiger partial charge >= 0.3 is 0 Å². The number of hydrogen-bond donors (Lipinski definition) is 1. The molecule has 3 fully saturated rings. The molecule has 1 aliphatic heterocycles. The van der Waals surface area contributed by atoms with E-state index in [2.05, 4.69) is 17.4 Å². The van der Waals surface area contributed by atoms with Gasteiger partial charge in [-0.25, -0.2) is 4.39 Å². The molecule has 5 heteroatoms. The maximum absolute atomic E-state index is 13.9. The summed E-state index contributed by atoms with van der Waals surface area (Å²) in [5.41, 5.74) is 1.90. The smallest absolute Gasteiger partial charge is 0.225 e. The Morgan fingerprint density at radius 1 is 1.00 bits per heavy atom. The predicted molar refractivity (Wildman–Crippen MR) is 103 cm³/mol. The highest BCUT2D eigenvalue weighted by molar-refractivity contribution is 5.86. The molecule has 1 saturated heterocycles. The van der Waals surface area contributed by atoms with Crippen molar-refractivity contribution >= 4 is 11.8 Å². The molecule has 3 aliphatic rings. The zero-order valence-electron chi connectivity index (χ0n) is 15.6. The van der Waals surface area contributed by atoms with Gasteiger partial charge in [-0.1, -0.05) is 48.5 Å². The lowest BCUT2D eigenvalue weighted by Gasteiger charge is -2.17. The van der Waals surface area contributed by atoms with Gasteiger partial charge in [0, 0.05) is 30.8 Å². The SMILES string of the molecule is O=C(N[C@@H]1CC(=O)N([C@@H]2C[C@@H]2c2ccccc2)C1)[C@H]1C[C@H]1c1ccccc1F. The first kappa shape index (κ1) is 17.4.